The molecular weight excluding hydrogens is 220 g/mol. The smallest absolute Gasteiger partial charge is 0.291 e. The van der Waals surface area contributed by atoms with Crippen molar-refractivity contribution in [1.82, 2.24) is 9.88 Å². The Hall–Kier alpha value is -1.36. The number of ether oxygens (including phenoxy) is 1. The van der Waals surface area contributed by atoms with Crippen molar-refractivity contribution in [2.75, 3.05) is 26.3 Å². The molecule has 0 bridgehead atoms. The van der Waals surface area contributed by atoms with Gasteiger partial charge in [0.1, 0.15) is 0 Å². The van der Waals surface area contributed by atoms with Crippen LogP contribution in [0.4, 0.5) is 0 Å². The van der Waals surface area contributed by atoms with Crippen molar-refractivity contribution < 1.29 is 13.9 Å². The largest absolute Gasteiger partial charge is 0.436 e. The lowest BCUT2D eigenvalue weighted by molar-refractivity contribution is 0.0281. The number of carbonyl (C=O) groups excluding carboxylic acids is 1. The minimum atomic E-state index is -0.0717. The SMILES string of the molecule is Cc1nc(C(C)C)c(C(=O)N2CCOCC2)o1. The van der Waals surface area contributed by atoms with Crippen molar-refractivity contribution in [3.63, 3.8) is 0 Å². The first kappa shape index (κ1) is 12.1. The number of nitrogens with zero attached hydrogens (tertiary/aromatic N) is 2. The second kappa shape index (κ2) is 4.87. The van der Waals surface area contributed by atoms with E-state index in [0.29, 0.717) is 38.0 Å². The highest BCUT2D eigenvalue weighted by Crippen LogP contribution is 2.21. The molecule has 1 aliphatic heterocycles. The van der Waals surface area contributed by atoms with Crippen LogP contribution in [0.3, 0.4) is 0 Å². The Morgan fingerprint density at radius 3 is 2.59 bits per heavy atom. The van der Waals surface area contributed by atoms with Crippen LogP contribution >= 0.6 is 0 Å². The first-order chi connectivity index (χ1) is 8.09. The minimum absolute atomic E-state index is 0.0717. The normalized spacial score (nSPS) is 16.6. The van der Waals surface area contributed by atoms with Crippen LogP contribution in [-0.2, 0) is 4.74 Å². The minimum Gasteiger partial charge on any atom is -0.436 e. The molecule has 2 heterocycles. The fourth-order valence-electron chi connectivity index (χ4n) is 1.90. The number of oxazole rings is 1. The third kappa shape index (κ3) is 2.49. The number of hydrogen-bond donors (Lipinski definition) is 0. The fourth-order valence-corrected chi connectivity index (χ4v) is 1.90. The summed E-state index contributed by atoms with van der Waals surface area (Å²) in [4.78, 5) is 18.3. The molecule has 0 atom stereocenters. The number of amides is 1. The zero-order valence-electron chi connectivity index (χ0n) is 10.5. The predicted molar refractivity (Wildman–Crippen MR) is 62.1 cm³/mol. The molecule has 5 nitrogen and oxygen atoms in total. The van der Waals surface area contributed by atoms with E-state index < -0.39 is 0 Å². The summed E-state index contributed by atoms with van der Waals surface area (Å²) in [6.07, 6.45) is 0. The van der Waals surface area contributed by atoms with Gasteiger partial charge in [0.05, 0.1) is 18.9 Å². The van der Waals surface area contributed by atoms with Crippen LogP contribution in [0.1, 0.15) is 41.9 Å². The van der Waals surface area contributed by atoms with E-state index in [1.54, 1.807) is 11.8 Å². The zero-order chi connectivity index (χ0) is 12.4. The Morgan fingerprint density at radius 2 is 2.00 bits per heavy atom. The van der Waals surface area contributed by atoms with Crippen LogP contribution in [0.15, 0.2) is 4.42 Å². The van der Waals surface area contributed by atoms with E-state index >= 15 is 0 Å². The van der Waals surface area contributed by atoms with Crippen LogP contribution in [-0.4, -0.2) is 42.1 Å². The molecule has 1 saturated heterocycles. The van der Waals surface area contributed by atoms with E-state index in [9.17, 15) is 4.79 Å². The van der Waals surface area contributed by atoms with Gasteiger partial charge in [-0.15, -0.1) is 0 Å². The van der Waals surface area contributed by atoms with Gasteiger partial charge in [0, 0.05) is 20.0 Å². The van der Waals surface area contributed by atoms with Crippen molar-refractivity contribution >= 4 is 5.91 Å². The number of aryl methyl sites for hydroxylation is 1. The van der Waals surface area contributed by atoms with E-state index in [1.165, 1.54) is 0 Å². The zero-order valence-corrected chi connectivity index (χ0v) is 10.5. The van der Waals surface area contributed by atoms with Gasteiger partial charge in [0.25, 0.3) is 5.91 Å². The number of rotatable bonds is 2. The summed E-state index contributed by atoms with van der Waals surface area (Å²) in [7, 11) is 0. The molecule has 0 N–H and O–H groups in total. The molecular formula is C12H18N2O3. The third-order valence-electron chi connectivity index (χ3n) is 2.80. The van der Waals surface area contributed by atoms with Gasteiger partial charge in [-0.1, -0.05) is 13.8 Å². The molecule has 0 aromatic carbocycles. The molecule has 1 aromatic heterocycles. The topological polar surface area (TPSA) is 55.6 Å². The Balaban J connectivity index is 2.23. The van der Waals surface area contributed by atoms with Crippen molar-refractivity contribution in [3.8, 4) is 0 Å². The van der Waals surface area contributed by atoms with Gasteiger partial charge in [-0.05, 0) is 5.92 Å². The van der Waals surface area contributed by atoms with Crippen LogP contribution in [0, 0.1) is 6.92 Å². The van der Waals surface area contributed by atoms with Gasteiger partial charge in [-0.25, -0.2) is 4.98 Å². The molecule has 0 aliphatic carbocycles. The fraction of sp³-hybridized carbons (Fsp3) is 0.667. The Bertz CT molecular complexity index is 406. The number of aromatic nitrogens is 1. The van der Waals surface area contributed by atoms with E-state index in [0.717, 1.165) is 5.69 Å². The van der Waals surface area contributed by atoms with Gasteiger partial charge in [0.2, 0.25) is 5.76 Å². The van der Waals surface area contributed by atoms with E-state index in [-0.39, 0.29) is 11.8 Å². The summed E-state index contributed by atoms with van der Waals surface area (Å²) < 4.78 is 10.7. The molecule has 1 amide bonds. The highest BCUT2D eigenvalue weighted by molar-refractivity contribution is 5.92. The molecule has 17 heavy (non-hydrogen) atoms. The Morgan fingerprint density at radius 1 is 1.35 bits per heavy atom. The van der Waals surface area contributed by atoms with Crippen LogP contribution in [0.5, 0.6) is 0 Å². The number of hydrogen-bond acceptors (Lipinski definition) is 4. The summed E-state index contributed by atoms with van der Waals surface area (Å²) in [5.74, 6) is 1.05. The molecule has 1 aromatic rings. The third-order valence-corrected chi connectivity index (χ3v) is 2.80. The lowest BCUT2D eigenvalue weighted by Gasteiger charge is -2.26. The molecule has 94 valence electrons. The van der Waals surface area contributed by atoms with Crippen molar-refractivity contribution in [1.29, 1.82) is 0 Å². The molecule has 0 saturated carbocycles. The Labute approximate surface area is 101 Å². The van der Waals surface area contributed by atoms with Crippen LogP contribution in [0.2, 0.25) is 0 Å². The Kier molecular flexibility index (Phi) is 3.47. The van der Waals surface area contributed by atoms with Crippen molar-refractivity contribution in [2.24, 2.45) is 0 Å². The first-order valence-corrected chi connectivity index (χ1v) is 5.94. The van der Waals surface area contributed by atoms with Gasteiger partial charge in [-0.3, -0.25) is 4.79 Å². The maximum Gasteiger partial charge on any atom is 0.291 e. The number of morpholine rings is 1. The molecule has 1 fully saturated rings. The lowest BCUT2D eigenvalue weighted by Crippen LogP contribution is -2.40. The maximum absolute atomic E-state index is 12.3. The van der Waals surface area contributed by atoms with Crippen molar-refractivity contribution in [3.05, 3.63) is 17.3 Å². The average Bonchev–Trinajstić information content (AvgIpc) is 2.72. The highest BCUT2D eigenvalue weighted by atomic mass is 16.5. The van der Waals surface area contributed by atoms with Crippen LogP contribution in [0.25, 0.3) is 0 Å². The van der Waals surface area contributed by atoms with Gasteiger partial charge in [-0.2, -0.15) is 0 Å². The second-order valence-electron chi connectivity index (χ2n) is 4.51. The van der Waals surface area contributed by atoms with Crippen LogP contribution < -0.4 is 0 Å². The van der Waals surface area contributed by atoms with Crippen molar-refractivity contribution in [2.45, 2.75) is 26.7 Å². The summed E-state index contributed by atoms with van der Waals surface area (Å²) in [6, 6.07) is 0. The standard InChI is InChI=1S/C12H18N2O3/c1-8(2)10-11(17-9(3)13-10)12(15)14-4-6-16-7-5-14/h8H,4-7H2,1-3H3. The second-order valence-corrected chi connectivity index (χ2v) is 4.51. The molecule has 0 radical (unpaired) electrons. The summed E-state index contributed by atoms with van der Waals surface area (Å²) in [5, 5.41) is 0. The van der Waals surface area contributed by atoms with Gasteiger partial charge >= 0.3 is 0 Å². The quantitative estimate of drug-likeness (QED) is 0.785. The predicted octanol–water partition coefficient (Wildman–Crippen LogP) is 1.58. The summed E-state index contributed by atoms with van der Waals surface area (Å²) >= 11 is 0. The highest BCUT2D eigenvalue weighted by Gasteiger charge is 2.26. The van der Waals surface area contributed by atoms with E-state index in [4.69, 9.17) is 9.15 Å². The maximum atomic E-state index is 12.3. The first-order valence-electron chi connectivity index (χ1n) is 5.94. The van der Waals surface area contributed by atoms with E-state index in [1.807, 2.05) is 13.8 Å². The van der Waals surface area contributed by atoms with Gasteiger partial charge < -0.3 is 14.1 Å². The summed E-state index contributed by atoms with van der Waals surface area (Å²) in [5.41, 5.74) is 0.749. The monoisotopic (exact) mass is 238 g/mol. The van der Waals surface area contributed by atoms with E-state index in [2.05, 4.69) is 4.98 Å². The molecule has 0 spiro atoms. The molecule has 2 rings (SSSR count). The lowest BCUT2D eigenvalue weighted by atomic mass is 10.1. The molecule has 0 unspecified atom stereocenters. The summed E-state index contributed by atoms with van der Waals surface area (Å²) in [6.45, 7) is 8.21. The average molecular weight is 238 g/mol. The molecule has 1 aliphatic rings. The number of carbonyl (C=O) groups is 1. The molecule has 5 heteroatoms. The van der Waals surface area contributed by atoms with Gasteiger partial charge in [0.15, 0.2) is 5.89 Å².